The van der Waals surface area contributed by atoms with Crippen LogP contribution < -0.4 is 10.1 Å². The van der Waals surface area contributed by atoms with Crippen molar-refractivity contribution >= 4 is 5.69 Å². The van der Waals surface area contributed by atoms with E-state index < -0.39 is 0 Å². The molecule has 0 spiro atoms. The molecule has 2 nitrogen and oxygen atoms in total. The van der Waals surface area contributed by atoms with Crippen molar-refractivity contribution in [2.24, 2.45) is 5.92 Å². The minimum absolute atomic E-state index is 0.256. The SMILES string of the molecule is CCOc1cc(F)ccc1NC(C)CC1CC1. The quantitative estimate of drug-likeness (QED) is 0.812. The Bertz CT molecular complexity index is 376. The molecular formula is C14H20FNO. The summed E-state index contributed by atoms with van der Waals surface area (Å²) in [6.07, 6.45) is 3.89. The van der Waals surface area contributed by atoms with Gasteiger partial charge >= 0.3 is 0 Å². The number of nitrogens with one attached hydrogen (secondary N) is 1. The Labute approximate surface area is 102 Å². The lowest BCUT2D eigenvalue weighted by molar-refractivity contribution is 0.339. The number of anilines is 1. The van der Waals surface area contributed by atoms with Crippen molar-refractivity contribution in [3.8, 4) is 5.75 Å². The van der Waals surface area contributed by atoms with Gasteiger partial charge in [-0.05, 0) is 38.3 Å². The molecule has 1 aliphatic rings. The van der Waals surface area contributed by atoms with Crippen LogP contribution in [0.25, 0.3) is 0 Å². The van der Waals surface area contributed by atoms with Crippen LogP contribution in [0.4, 0.5) is 10.1 Å². The molecule has 94 valence electrons. The fourth-order valence-electron chi connectivity index (χ4n) is 2.07. The van der Waals surface area contributed by atoms with E-state index in [9.17, 15) is 4.39 Å². The molecule has 1 aliphatic carbocycles. The number of hydrogen-bond acceptors (Lipinski definition) is 2. The zero-order valence-corrected chi connectivity index (χ0v) is 10.5. The monoisotopic (exact) mass is 237 g/mol. The van der Waals surface area contributed by atoms with Crippen molar-refractivity contribution in [3.63, 3.8) is 0 Å². The van der Waals surface area contributed by atoms with Gasteiger partial charge in [0.2, 0.25) is 0 Å². The van der Waals surface area contributed by atoms with Crippen LogP contribution in [0, 0.1) is 11.7 Å². The van der Waals surface area contributed by atoms with Crippen LogP contribution in [0.1, 0.15) is 33.1 Å². The van der Waals surface area contributed by atoms with Gasteiger partial charge in [0.05, 0.1) is 12.3 Å². The summed E-state index contributed by atoms with van der Waals surface area (Å²) < 4.78 is 18.6. The normalized spacial score (nSPS) is 16.6. The zero-order chi connectivity index (χ0) is 12.3. The van der Waals surface area contributed by atoms with Gasteiger partial charge in [0.25, 0.3) is 0 Å². The second kappa shape index (κ2) is 5.39. The fraction of sp³-hybridized carbons (Fsp3) is 0.571. The van der Waals surface area contributed by atoms with E-state index in [0.29, 0.717) is 18.4 Å². The van der Waals surface area contributed by atoms with E-state index in [1.165, 1.54) is 31.4 Å². The Morgan fingerprint density at radius 2 is 2.24 bits per heavy atom. The van der Waals surface area contributed by atoms with Gasteiger partial charge < -0.3 is 10.1 Å². The predicted molar refractivity (Wildman–Crippen MR) is 68.0 cm³/mol. The van der Waals surface area contributed by atoms with Crippen molar-refractivity contribution in [1.29, 1.82) is 0 Å². The number of ether oxygens (including phenoxy) is 1. The van der Waals surface area contributed by atoms with Crippen LogP contribution in [0.5, 0.6) is 5.75 Å². The smallest absolute Gasteiger partial charge is 0.145 e. The van der Waals surface area contributed by atoms with E-state index in [1.807, 2.05) is 6.92 Å². The summed E-state index contributed by atoms with van der Waals surface area (Å²) in [4.78, 5) is 0. The van der Waals surface area contributed by atoms with Crippen LogP contribution in [0.3, 0.4) is 0 Å². The Kier molecular flexibility index (Phi) is 3.87. The van der Waals surface area contributed by atoms with Crippen molar-refractivity contribution in [2.75, 3.05) is 11.9 Å². The van der Waals surface area contributed by atoms with Gasteiger partial charge in [-0.15, -0.1) is 0 Å². The van der Waals surface area contributed by atoms with Crippen LogP contribution in [0.15, 0.2) is 18.2 Å². The van der Waals surface area contributed by atoms with E-state index in [-0.39, 0.29) is 5.82 Å². The highest BCUT2D eigenvalue weighted by molar-refractivity contribution is 5.57. The molecule has 0 amide bonds. The standard InChI is InChI=1S/C14H20FNO/c1-3-17-14-9-12(15)6-7-13(14)16-10(2)8-11-4-5-11/h6-7,9-11,16H,3-5,8H2,1-2H3. The average Bonchev–Trinajstić information content (AvgIpc) is 3.06. The molecule has 0 bridgehead atoms. The van der Waals surface area contributed by atoms with Crippen molar-refractivity contribution in [1.82, 2.24) is 0 Å². The van der Waals surface area contributed by atoms with Crippen molar-refractivity contribution < 1.29 is 9.13 Å². The first kappa shape index (κ1) is 12.2. The Morgan fingerprint density at radius 3 is 2.88 bits per heavy atom. The summed E-state index contributed by atoms with van der Waals surface area (Å²) in [5.41, 5.74) is 0.890. The Balaban J connectivity index is 2.01. The molecule has 1 fully saturated rings. The molecule has 0 saturated heterocycles. The maximum atomic E-state index is 13.1. The Morgan fingerprint density at radius 1 is 1.47 bits per heavy atom. The van der Waals surface area contributed by atoms with Gasteiger partial charge in [0, 0.05) is 12.1 Å². The molecule has 1 atom stereocenters. The predicted octanol–water partition coefficient (Wildman–Crippen LogP) is 3.82. The number of hydrogen-bond donors (Lipinski definition) is 1. The summed E-state index contributed by atoms with van der Waals surface area (Å²) in [5, 5.41) is 3.40. The van der Waals surface area contributed by atoms with E-state index in [4.69, 9.17) is 4.74 Å². The van der Waals surface area contributed by atoms with Crippen LogP contribution in [-0.2, 0) is 0 Å². The van der Waals surface area contributed by atoms with Crippen LogP contribution in [0.2, 0.25) is 0 Å². The third-order valence-corrected chi connectivity index (χ3v) is 3.03. The third-order valence-electron chi connectivity index (χ3n) is 3.03. The third kappa shape index (κ3) is 3.62. The molecule has 1 N–H and O–H groups in total. The number of benzene rings is 1. The lowest BCUT2D eigenvalue weighted by Crippen LogP contribution is -2.16. The largest absolute Gasteiger partial charge is 0.492 e. The van der Waals surface area contributed by atoms with E-state index >= 15 is 0 Å². The summed E-state index contributed by atoms with van der Waals surface area (Å²) >= 11 is 0. The van der Waals surface area contributed by atoms with Gasteiger partial charge in [0.15, 0.2) is 0 Å². The fourth-order valence-corrected chi connectivity index (χ4v) is 2.07. The van der Waals surface area contributed by atoms with E-state index in [0.717, 1.165) is 11.6 Å². The Hall–Kier alpha value is -1.25. The molecule has 1 aromatic rings. The first-order chi connectivity index (χ1) is 8.19. The molecule has 17 heavy (non-hydrogen) atoms. The van der Waals surface area contributed by atoms with Gasteiger partial charge in [-0.2, -0.15) is 0 Å². The molecule has 2 rings (SSSR count). The molecule has 3 heteroatoms. The summed E-state index contributed by atoms with van der Waals surface area (Å²) in [6.45, 7) is 4.62. The molecule has 1 unspecified atom stereocenters. The lowest BCUT2D eigenvalue weighted by atomic mass is 10.1. The zero-order valence-electron chi connectivity index (χ0n) is 10.5. The topological polar surface area (TPSA) is 21.3 Å². The first-order valence-corrected chi connectivity index (χ1v) is 6.38. The molecule has 0 aromatic heterocycles. The molecular weight excluding hydrogens is 217 g/mol. The lowest BCUT2D eigenvalue weighted by Gasteiger charge is -2.18. The van der Waals surface area contributed by atoms with Crippen LogP contribution in [-0.4, -0.2) is 12.6 Å². The average molecular weight is 237 g/mol. The molecule has 0 radical (unpaired) electrons. The number of rotatable bonds is 6. The van der Waals surface area contributed by atoms with Gasteiger partial charge in [-0.25, -0.2) is 4.39 Å². The van der Waals surface area contributed by atoms with Crippen LogP contribution >= 0.6 is 0 Å². The van der Waals surface area contributed by atoms with Crippen molar-refractivity contribution in [3.05, 3.63) is 24.0 Å². The first-order valence-electron chi connectivity index (χ1n) is 6.38. The minimum atomic E-state index is -0.256. The van der Waals surface area contributed by atoms with E-state index in [1.54, 1.807) is 6.07 Å². The highest BCUT2D eigenvalue weighted by Gasteiger charge is 2.23. The van der Waals surface area contributed by atoms with Gasteiger partial charge in [-0.1, -0.05) is 12.8 Å². The maximum Gasteiger partial charge on any atom is 0.145 e. The summed E-state index contributed by atoms with van der Waals surface area (Å²) in [6, 6.07) is 5.07. The molecule has 0 aliphatic heterocycles. The van der Waals surface area contributed by atoms with Gasteiger partial charge in [0.1, 0.15) is 11.6 Å². The molecule has 0 heterocycles. The highest BCUT2D eigenvalue weighted by Crippen LogP contribution is 2.35. The highest BCUT2D eigenvalue weighted by atomic mass is 19.1. The van der Waals surface area contributed by atoms with Crippen molar-refractivity contribution in [2.45, 2.75) is 39.2 Å². The summed E-state index contributed by atoms with van der Waals surface area (Å²) in [5.74, 6) is 1.23. The molecule has 1 saturated carbocycles. The number of halogens is 1. The minimum Gasteiger partial charge on any atom is -0.492 e. The second-order valence-electron chi connectivity index (χ2n) is 4.80. The van der Waals surface area contributed by atoms with E-state index in [2.05, 4.69) is 12.2 Å². The van der Waals surface area contributed by atoms with Gasteiger partial charge in [-0.3, -0.25) is 0 Å². The maximum absolute atomic E-state index is 13.1. The summed E-state index contributed by atoms with van der Waals surface area (Å²) in [7, 11) is 0. The molecule has 1 aromatic carbocycles. The second-order valence-corrected chi connectivity index (χ2v) is 4.80.